The van der Waals surface area contributed by atoms with Crippen LogP contribution >= 0.6 is 12.2 Å². The topological polar surface area (TPSA) is 67.6 Å². The molecule has 6 heteroatoms. The molecule has 3 N–H and O–H groups in total. The van der Waals surface area contributed by atoms with Crippen molar-refractivity contribution < 1.29 is 9.53 Å². The van der Waals surface area contributed by atoms with Crippen LogP contribution in [0.2, 0.25) is 0 Å². The van der Waals surface area contributed by atoms with Crippen LogP contribution in [-0.2, 0) is 9.53 Å². The summed E-state index contributed by atoms with van der Waals surface area (Å²) in [7, 11) is 0. The van der Waals surface area contributed by atoms with Gasteiger partial charge in [0, 0.05) is 26.2 Å². The summed E-state index contributed by atoms with van der Waals surface area (Å²) in [6, 6.07) is 0. The zero-order valence-corrected chi connectivity index (χ0v) is 13.6. The van der Waals surface area contributed by atoms with E-state index in [-0.39, 0.29) is 5.91 Å². The molecule has 1 aliphatic heterocycles. The average molecular weight is 313 g/mol. The van der Waals surface area contributed by atoms with Gasteiger partial charge in [0.15, 0.2) is 0 Å². The Labute approximate surface area is 132 Å². The summed E-state index contributed by atoms with van der Waals surface area (Å²) >= 11 is 5.23. The number of hydrogen-bond acceptors (Lipinski definition) is 4. The number of amides is 1. The third kappa shape index (κ3) is 4.37. The van der Waals surface area contributed by atoms with E-state index < -0.39 is 5.41 Å². The van der Waals surface area contributed by atoms with Crippen molar-refractivity contribution in [1.82, 2.24) is 10.2 Å². The van der Waals surface area contributed by atoms with Crippen molar-refractivity contribution in [2.75, 3.05) is 39.4 Å². The Morgan fingerprint density at radius 1 is 1.19 bits per heavy atom. The predicted molar refractivity (Wildman–Crippen MR) is 87.2 cm³/mol. The maximum atomic E-state index is 12.6. The molecule has 120 valence electrons. The van der Waals surface area contributed by atoms with Crippen LogP contribution in [0.1, 0.15) is 38.5 Å². The Bertz CT molecular complexity index is 362. The summed E-state index contributed by atoms with van der Waals surface area (Å²) in [5.41, 5.74) is 5.32. The minimum absolute atomic E-state index is 0.0326. The highest BCUT2D eigenvalue weighted by atomic mass is 32.1. The first-order valence-electron chi connectivity index (χ1n) is 8.03. The quantitative estimate of drug-likeness (QED) is 0.587. The Balaban J connectivity index is 1.84. The van der Waals surface area contributed by atoms with E-state index in [1.807, 2.05) is 0 Å². The highest BCUT2D eigenvalue weighted by Crippen LogP contribution is 2.35. The number of ether oxygens (including phenoxy) is 1. The van der Waals surface area contributed by atoms with Crippen LogP contribution < -0.4 is 11.1 Å². The summed E-state index contributed by atoms with van der Waals surface area (Å²) in [5.74, 6) is 0.0326. The summed E-state index contributed by atoms with van der Waals surface area (Å²) in [5, 5.41) is 3.06. The fraction of sp³-hybridized carbons (Fsp3) is 0.867. The minimum Gasteiger partial charge on any atom is -0.392 e. The molecule has 1 amide bonds. The van der Waals surface area contributed by atoms with Gasteiger partial charge < -0.3 is 15.8 Å². The van der Waals surface area contributed by atoms with Gasteiger partial charge in [-0.05, 0) is 12.8 Å². The zero-order chi connectivity index (χ0) is 15.1. The van der Waals surface area contributed by atoms with E-state index in [0.29, 0.717) is 11.5 Å². The van der Waals surface area contributed by atoms with E-state index in [2.05, 4.69) is 10.2 Å². The van der Waals surface area contributed by atoms with Crippen LogP contribution in [0.15, 0.2) is 0 Å². The van der Waals surface area contributed by atoms with Crippen molar-refractivity contribution in [3.05, 3.63) is 0 Å². The molecule has 0 radical (unpaired) electrons. The summed E-state index contributed by atoms with van der Waals surface area (Å²) in [6.45, 7) is 4.97. The van der Waals surface area contributed by atoms with Gasteiger partial charge in [-0.1, -0.05) is 37.9 Å². The monoisotopic (exact) mass is 313 g/mol. The van der Waals surface area contributed by atoms with Crippen molar-refractivity contribution >= 4 is 23.1 Å². The van der Waals surface area contributed by atoms with Crippen molar-refractivity contribution in [2.24, 2.45) is 11.1 Å². The Morgan fingerprint density at radius 3 is 2.38 bits per heavy atom. The van der Waals surface area contributed by atoms with Crippen molar-refractivity contribution in [3.8, 4) is 0 Å². The molecule has 2 rings (SSSR count). The molecule has 1 saturated heterocycles. The smallest absolute Gasteiger partial charge is 0.233 e. The summed E-state index contributed by atoms with van der Waals surface area (Å²) in [6.07, 6.45) is 6.01. The van der Waals surface area contributed by atoms with Crippen molar-refractivity contribution in [2.45, 2.75) is 38.5 Å². The summed E-state index contributed by atoms with van der Waals surface area (Å²) < 4.78 is 5.32. The van der Waals surface area contributed by atoms with E-state index in [4.69, 9.17) is 22.7 Å². The summed E-state index contributed by atoms with van der Waals surface area (Å²) in [4.78, 5) is 15.3. The van der Waals surface area contributed by atoms with E-state index in [1.54, 1.807) is 0 Å². The maximum Gasteiger partial charge on any atom is 0.233 e. The number of nitrogens with zero attached hydrogens (tertiary/aromatic N) is 1. The van der Waals surface area contributed by atoms with E-state index >= 15 is 0 Å². The molecule has 21 heavy (non-hydrogen) atoms. The largest absolute Gasteiger partial charge is 0.392 e. The average Bonchev–Trinajstić information content (AvgIpc) is 2.75. The normalized spacial score (nSPS) is 23.2. The van der Waals surface area contributed by atoms with Gasteiger partial charge in [-0.15, -0.1) is 0 Å². The van der Waals surface area contributed by atoms with Gasteiger partial charge in [0.1, 0.15) is 0 Å². The minimum atomic E-state index is -0.614. The first kappa shape index (κ1) is 16.6. The van der Waals surface area contributed by atoms with Gasteiger partial charge >= 0.3 is 0 Å². The van der Waals surface area contributed by atoms with Gasteiger partial charge in [0.05, 0.1) is 23.6 Å². The highest BCUT2D eigenvalue weighted by Gasteiger charge is 2.41. The predicted octanol–water partition coefficient (Wildman–Crippen LogP) is 1.06. The lowest BCUT2D eigenvalue weighted by molar-refractivity contribution is -0.128. The molecule has 2 fully saturated rings. The Morgan fingerprint density at radius 2 is 1.81 bits per heavy atom. The second kappa shape index (κ2) is 8.06. The molecule has 0 aromatic heterocycles. The van der Waals surface area contributed by atoms with E-state index in [1.165, 1.54) is 12.8 Å². The van der Waals surface area contributed by atoms with E-state index in [0.717, 1.165) is 58.5 Å². The lowest BCUT2D eigenvalue weighted by Gasteiger charge is -2.31. The molecular formula is C15H27N3O2S. The standard InChI is InChI=1S/C15H27N3O2S/c16-13(21)15(5-3-1-2-4-6-15)14(19)17-7-8-18-9-11-20-12-10-18/h1-12H2,(H2,16,21)(H,17,19). The molecular weight excluding hydrogens is 286 g/mol. The Kier molecular flexibility index (Phi) is 6.39. The third-order valence-electron chi connectivity index (χ3n) is 4.68. The molecule has 2 aliphatic rings. The lowest BCUT2D eigenvalue weighted by Crippen LogP contribution is -2.50. The maximum absolute atomic E-state index is 12.6. The molecule has 0 aromatic rings. The van der Waals surface area contributed by atoms with Gasteiger partial charge in [-0.2, -0.15) is 0 Å². The van der Waals surface area contributed by atoms with Crippen LogP contribution in [0.3, 0.4) is 0 Å². The second-order valence-corrected chi connectivity index (χ2v) is 6.51. The number of carbonyl (C=O) groups excluding carboxylic acids is 1. The van der Waals surface area contributed by atoms with Crippen LogP contribution in [0, 0.1) is 5.41 Å². The number of nitrogens with two attached hydrogens (primary N) is 1. The second-order valence-electron chi connectivity index (χ2n) is 6.07. The van der Waals surface area contributed by atoms with Crippen molar-refractivity contribution in [3.63, 3.8) is 0 Å². The number of carbonyl (C=O) groups is 1. The molecule has 1 aliphatic carbocycles. The van der Waals surface area contributed by atoms with Gasteiger partial charge in [0.25, 0.3) is 0 Å². The van der Waals surface area contributed by atoms with Gasteiger partial charge in [0.2, 0.25) is 5.91 Å². The highest BCUT2D eigenvalue weighted by molar-refractivity contribution is 7.80. The molecule has 0 bridgehead atoms. The Hall–Kier alpha value is -0.720. The molecule has 0 unspecified atom stereocenters. The first-order valence-corrected chi connectivity index (χ1v) is 8.44. The molecule has 0 spiro atoms. The van der Waals surface area contributed by atoms with E-state index in [9.17, 15) is 4.79 Å². The number of thiocarbonyl (C=S) groups is 1. The zero-order valence-electron chi connectivity index (χ0n) is 12.7. The van der Waals surface area contributed by atoms with Gasteiger partial charge in [-0.3, -0.25) is 9.69 Å². The molecule has 0 aromatic carbocycles. The lowest BCUT2D eigenvalue weighted by atomic mass is 9.79. The number of rotatable bonds is 5. The van der Waals surface area contributed by atoms with Gasteiger partial charge in [-0.25, -0.2) is 0 Å². The number of nitrogens with one attached hydrogen (secondary N) is 1. The first-order chi connectivity index (χ1) is 10.1. The SMILES string of the molecule is NC(=S)C1(C(=O)NCCN2CCOCC2)CCCCCC1. The number of morpholine rings is 1. The molecule has 0 atom stereocenters. The molecule has 1 heterocycles. The van der Waals surface area contributed by atoms with Crippen LogP contribution in [0.25, 0.3) is 0 Å². The fourth-order valence-corrected chi connectivity index (χ4v) is 3.54. The van der Waals surface area contributed by atoms with Crippen LogP contribution in [-0.4, -0.2) is 55.2 Å². The van der Waals surface area contributed by atoms with Crippen LogP contribution in [0.5, 0.6) is 0 Å². The van der Waals surface area contributed by atoms with Crippen LogP contribution in [0.4, 0.5) is 0 Å². The third-order valence-corrected chi connectivity index (χ3v) is 5.07. The molecule has 1 saturated carbocycles. The molecule has 5 nitrogen and oxygen atoms in total. The fourth-order valence-electron chi connectivity index (χ4n) is 3.24. The van der Waals surface area contributed by atoms with Crippen molar-refractivity contribution in [1.29, 1.82) is 0 Å². The number of hydrogen-bond donors (Lipinski definition) is 2.